The van der Waals surface area contributed by atoms with E-state index in [9.17, 15) is 13.2 Å². The van der Waals surface area contributed by atoms with Crippen molar-refractivity contribution in [1.82, 2.24) is 14.2 Å². The first-order valence-electron chi connectivity index (χ1n) is 11.0. The van der Waals surface area contributed by atoms with Crippen LogP contribution in [0.15, 0.2) is 34.5 Å². The van der Waals surface area contributed by atoms with Gasteiger partial charge < -0.3 is 5.32 Å². The highest BCUT2D eigenvalue weighted by atomic mass is 32.2. The highest BCUT2D eigenvalue weighted by molar-refractivity contribution is 7.89. The van der Waals surface area contributed by atoms with Crippen LogP contribution in [-0.2, 0) is 27.8 Å². The molecular formula is C22H32N4O3S2. The minimum Gasteiger partial charge on any atom is -0.302 e. The number of hydrogen-bond donors (Lipinski definition) is 1. The average molecular weight is 465 g/mol. The van der Waals surface area contributed by atoms with Crippen LogP contribution in [-0.4, -0.2) is 54.7 Å². The molecule has 1 aliphatic rings. The third-order valence-corrected chi connectivity index (χ3v) is 8.41. The SMILES string of the molecule is CCN(CC)S(=O)(=O)c1ccc(CCC(=O)Nc2nc(CN3CCCCC3)cs2)cc1. The largest absolute Gasteiger partial charge is 0.302 e. The summed E-state index contributed by atoms with van der Waals surface area (Å²) in [6.07, 6.45) is 4.67. The molecule has 0 aliphatic carbocycles. The number of nitrogens with one attached hydrogen (secondary N) is 1. The van der Waals surface area contributed by atoms with Gasteiger partial charge in [0.05, 0.1) is 10.6 Å². The number of anilines is 1. The van der Waals surface area contributed by atoms with E-state index in [2.05, 4.69) is 15.2 Å². The van der Waals surface area contributed by atoms with Gasteiger partial charge in [0.2, 0.25) is 15.9 Å². The summed E-state index contributed by atoms with van der Waals surface area (Å²) in [5.74, 6) is -0.0845. The fourth-order valence-electron chi connectivity index (χ4n) is 3.76. The zero-order valence-corrected chi connectivity index (χ0v) is 20.0. The third-order valence-electron chi connectivity index (χ3n) is 5.54. The quantitative estimate of drug-likeness (QED) is 0.579. The summed E-state index contributed by atoms with van der Waals surface area (Å²) < 4.78 is 26.5. The van der Waals surface area contributed by atoms with Crippen LogP contribution in [0.1, 0.15) is 50.8 Å². The van der Waals surface area contributed by atoms with Crippen molar-refractivity contribution in [2.24, 2.45) is 0 Å². The summed E-state index contributed by atoms with van der Waals surface area (Å²) in [7, 11) is -3.45. The van der Waals surface area contributed by atoms with E-state index >= 15 is 0 Å². The van der Waals surface area contributed by atoms with Gasteiger partial charge in [0, 0.05) is 31.4 Å². The molecule has 170 valence electrons. The number of rotatable bonds is 10. The number of piperidine rings is 1. The molecule has 0 unspecified atom stereocenters. The second kappa shape index (κ2) is 11.2. The van der Waals surface area contributed by atoms with E-state index in [0.29, 0.717) is 31.1 Å². The Bertz CT molecular complexity index is 947. The van der Waals surface area contributed by atoms with Crippen molar-refractivity contribution in [1.29, 1.82) is 0 Å². The Hall–Kier alpha value is -1.81. The second-order valence-electron chi connectivity index (χ2n) is 7.76. The molecule has 7 nitrogen and oxygen atoms in total. The monoisotopic (exact) mass is 464 g/mol. The fourth-order valence-corrected chi connectivity index (χ4v) is 5.94. The number of carbonyl (C=O) groups excluding carboxylic acids is 1. The predicted octanol–water partition coefficient (Wildman–Crippen LogP) is 3.73. The van der Waals surface area contributed by atoms with Crippen LogP contribution in [0.3, 0.4) is 0 Å². The van der Waals surface area contributed by atoms with Crippen molar-refractivity contribution in [3.05, 3.63) is 40.9 Å². The molecular weight excluding hydrogens is 432 g/mol. The topological polar surface area (TPSA) is 82.6 Å². The first-order valence-corrected chi connectivity index (χ1v) is 13.3. The van der Waals surface area contributed by atoms with Gasteiger partial charge in [0.25, 0.3) is 0 Å². The van der Waals surface area contributed by atoms with Crippen molar-refractivity contribution >= 4 is 32.4 Å². The summed E-state index contributed by atoms with van der Waals surface area (Å²) in [5.41, 5.74) is 1.94. The van der Waals surface area contributed by atoms with Crippen LogP contribution in [0.25, 0.3) is 0 Å². The standard InChI is InChI=1S/C22H32N4O3S2/c1-3-26(4-2)31(28,29)20-11-8-18(9-12-20)10-13-21(27)24-22-23-19(17-30-22)16-25-14-6-5-7-15-25/h8-9,11-12,17H,3-7,10,13-16H2,1-2H3,(H,23,24,27). The van der Waals surface area contributed by atoms with Crippen LogP contribution in [0, 0.1) is 0 Å². The normalized spacial score (nSPS) is 15.3. The summed E-state index contributed by atoms with van der Waals surface area (Å²) in [5, 5.41) is 5.53. The number of likely N-dealkylation sites (tertiary alicyclic amines) is 1. The van der Waals surface area contributed by atoms with Crippen LogP contribution >= 0.6 is 11.3 Å². The van der Waals surface area contributed by atoms with E-state index < -0.39 is 10.0 Å². The molecule has 0 saturated carbocycles. The summed E-state index contributed by atoms with van der Waals surface area (Å²) in [6.45, 7) is 7.62. The molecule has 9 heteroatoms. The van der Waals surface area contributed by atoms with Crippen molar-refractivity contribution < 1.29 is 13.2 Å². The second-order valence-corrected chi connectivity index (χ2v) is 10.6. The van der Waals surface area contributed by atoms with Gasteiger partial charge in [-0.25, -0.2) is 13.4 Å². The van der Waals surface area contributed by atoms with Gasteiger partial charge in [0.15, 0.2) is 5.13 Å². The highest BCUT2D eigenvalue weighted by Crippen LogP contribution is 2.20. The molecule has 2 heterocycles. The lowest BCUT2D eigenvalue weighted by Gasteiger charge is -2.25. The maximum Gasteiger partial charge on any atom is 0.243 e. The number of hydrogen-bond acceptors (Lipinski definition) is 6. The van der Waals surface area contributed by atoms with Gasteiger partial charge >= 0.3 is 0 Å². The molecule has 2 aromatic rings. The predicted molar refractivity (Wildman–Crippen MR) is 125 cm³/mol. The minimum atomic E-state index is -3.45. The first kappa shape index (κ1) is 23.8. The van der Waals surface area contributed by atoms with Gasteiger partial charge in [-0.05, 0) is 50.0 Å². The van der Waals surface area contributed by atoms with Crippen molar-refractivity contribution in [3.63, 3.8) is 0 Å². The van der Waals surface area contributed by atoms with E-state index in [-0.39, 0.29) is 10.8 Å². The Morgan fingerprint density at radius 1 is 1.13 bits per heavy atom. The Morgan fingerprint density at radius 2 is 1.81 bits per heavy atom. The number of amides is 1. The molecule has 1 saturated heterocycles. The number of aromatic nitrogens is 1. The molecule has 0 atom stereocenters. The lowest BCUT2D eigenvalue weighted by Crippen LogP contribution is -2.30. The third kappa shape index (κ3) is 6.58. The highest BCUT2D eigenvalue weighted by Gasteiger charge is 2.21. The average Bonchev–Trinajstić information content (AvgIpc) is 3.20. The summed E-state index contributed by atoms with van der Waals surface area (Å²) in [4.78, 5) is 19.6. The van der Waals surface area contributed by atoms with E-state index in [1.54, 1.807) is 24.3 Å². The molecule has 0 bridgehead atoms. The lowest BCUT2D eigenvalue weighted by molar-refractivity contribution is -0.116. The number of carbonyl (C=O) groups is 1. The van der Waals surface area contributed by atoms with Gasteiger partial charge in [-0.2, -0.15) is 4.31 Å². The number of sulfonamides is 1. The van der Waals surface area contributed by atoms with E-state index in [4.69, 9.17) is 0 Å². The number of thiazole rings is 1. The maximum atomic E-state index is 12.6. The lowest BCUT2D eigenvalue weighted by atomic mass is 10.1. The molecule has 1 amide bonds. The van der Waals surface area contributed by atoms with Crippen molar-refractivity contribution in [3.8, 4) is 0 Å². The van der Waals surface area contributed by atoms with Gasteiger partial charge in [-0.15, -0.1) is 11.3 Å². The fraction of sp³-hybridized carbons (Fsp3) is 0.545. The van der Waals surface area contributed by atoms with Crippen molar-refractivity contribution in [2.45, 2.75) is 57.4 Å². The molecule has 1 N–H and O–H groups in total. The molecule has 1 fully saturated rings. The van der Waals surface area contributed by atoms with E-state index in [1.165, 1.54) is 34.9 Å². The molecule has 1 aliphatic heterocycles. The van der Waals surface area contributed by atoms with Crippen LogP contribution < -0.4 is 5.32 Å². The number of benzene rings is 1. The van der Waals surface area contributed by atoms with Crippen molar-refractivity contribution in [2.75, 3.05) is 31.5 Å². The molecule has 1 aromatic heterocycles. The molecule has 1 aromatic carbocycles. The maximum absolute atomic E-state index is 12.6. The summed E-state index contributed by atoms with van der Waals surface area (Å²) in [6, 6.07) is 6.80. The van der Waals surface area contributed by atoms with E-state index in [1.807, 2.05) is 19.2 Å². The van der Waals surface area contributed by atoms with E-state index in [0.717, 1.165) is 30.9 Å². The van der Waals surface area contributed by atoms with Gasteiger partial charge in [-0.1, -0.05) is 32.4 Å². The minimum absolute atomic E-state index is 0.0845. The zero-order valence-electron chi connectivity index (χ0n) is 18.3. The smallest absolute Gasteiger partial charge is 0.243 e. The Kier molecular flexibility index (Phi) is 8.59. The molecule has 3 rings (SSSR count). The Morgan fingerprint density at radius 3 is 2.45 bits per heavy atom. The van der Waals surface area contributed by atoms with Crippen LogP contribution in [0.5, 0.6) is 0 Å². The van der Waals surface area contributed by atoms with Crippen LogP contribution in [0.2, 0.25) is 0 Å². The molecule has 0 spiro atoms. The number of nitrogens with zero attached hydrogens (tertiary/aromatic N) is 3. The summed E-state index contributed by atoms with van der Waals surface area (Å²) >= 11 is 1.46. The molecule has 0 radical (unpaired) electrons. The molecule has 31 heavy (non-hydrogen) atoms. The number of aryl methyl sites for hydroxylation is 1. The Labute approximate surface area is 189 Å². The first-order chi connectivity index (χ1) is 14.9. The zero-order chi connectivity index (χ0) is 22.3. The Balaban J connectivity index is 1.48. The van der Waals surface area contributed by atoms with Crippen LogP contribution in [0.4, 0.5) is 5.13 Å². The van der Waals surface area contributed by atoms with Gasteiger partial charge in [-0.3, -0.25) is 9.69 Å². The van der Waals surface area contributed by atoms with Gasteiger partial charge in [0.1, 0.15) is 0 Å².